The van der Waals surface area contributed by atoms with Gasteiger partial charge in [-0.15, -0.1) is 0 Å². The van der Waals surface area contributed by atoms with Gasteiger partial charge in [-0.05, 0) is 55.0 Å². The Balaban J connectivity index is 2.47. The quantitative estimate of drug-likeness (QED) is 0.676. The van der Waals surface area contributed by atoms with Crippen molar-refractivity contribution in [2.24, 2.45) is 0 Å². The normalized spacial score (nSPS) is 15.8. The van der Waals surface area contributed by atoms with Gasteiger partial charge in [-0.1, -0.05) is 33.6 Å². The summed E-state index contributed by atoms with van der Waals surface area (Å²) in [5, 5.41) is 0.857. The number of hydrogen-bond acceptors (Lipinski definition) is 0. The largest absolute Gasteiger partial charge is 0.0836 e. The molecule has 14 heavy (non-hydrogen) atoms. The molecule has 0 saturated carbocycles. The maximum Gasteiger partial charge on any atom is 0.0492 e. The predicted molar refractivity (Wildman–Crippen MR) is 65.7 cm³/mol. The van der Waals surface area contributed by atoms with Crippen LogP contribution in [0.4, 0.5) is 0 Å². The van der Waals surface area contributed by atoms with Crippen molar-refractivity contribution >= 4 is 33.1 Å². The number of rotatable bonds is 1. The zero-order valence-electron chi connectivity index (χ0n) is 8.11. The van der Waals surface area contributed by atoms with Gasteiger partial charge in [-0.3, -0.25) is 0 Å². The summed E-state index contributed by atoms with van der Waals surface area (Å²) in [6.45, 7) is 2.10. The van der Waals surface area contributed by atoms with Gasteiger partial charge in [0.2, 0.25) is 0 Å². The average Bonchev–Trinajstić information content (AvgIpc) is 2.64. The Kier molecular flexibility index (Phi) is 2.99. The van der Waals surface area contributed by atoms with Crippen LogP contribution in [0.1, 0.15) is 30.4 Å². The standard InChI is InChI=1S/C12H12BrCl/c1-8-6-10(9-4-2-3-5-9)12(14)7-11(8)13/h4,6-7H,2-3,5H2,1H3. The molecule has 0 spiro atoms. The zero-order valence-corrected chi connectivity index (χ0v) is 10.5. The first-order valence-electron chi connectivity index (χ1n) is 4.83. The van der Waals surface area contributed by atoms with E-state index in [-0.39, 0.29) is 0 Å². The second-order valence-corrected chi connectivity index (χ2v) is 4.96. The third-order valence-electron chi connectivity index (χ3n) is 2.64. The summed E-state index contributed by atoms with van der Waals surface area (Å²) in [7, 11) is 0. The minimum atomic E-state index is 0.857. The van der Waals surface area contributed by atoms with Crippen LogP contribution in [-0.4, -0.2) is 0 Å². The lowest BCUT2D eigenvalue weighted by molar-refractivity contribution is 0.935. The van der Waals surface area contributed by atoms with E-state index in [2.05, 4.69) is 35.0 Å². The van der Waals surface area contributed by atoms with Gasteiger partial charge in [0, 0.05) is 9.50 Å². The highest BCUT2D eigenvalue weighted by atomic mass is 79.9. The third kappa shape index (κ3) is 1.89. The molecule has 0 heterocycles. The topological polar surface area (TPSA) is 0 Å². The summed E-state index contributed by atoms with van der Waals surface area (Å²) < 4.78 is 1.09. The van der Waals surface area contributed by atoms with Gasteiger partial charge in [-0.25, -0.2) is 0 Å². The molecule has 0 radical (unpaired) electrons. The lowest BCUT2D eigenvalue weighted by atomic mass is 10.0. The highest BCUT2D eigenvalue weighted by Gasteiger charge is 2.11. The molecule has 0 N–H and O–H groups in total. The van der Waals surface area contributed by atoms with Crippen LogP contribution in [-0.2, 0) is 0 Å². The van der Waals surface area contributed by atoms with Crippen LogP contribution >= 0.6 is 27.5 Å². The van der Waals surface area contributed by atoms with Crippen molar-refractivity contribution in [1.29, 1.82) is 0 Å². The first-order chi connectivity index (χ1) is 6.68. The number of hydrogen-bond donors (Lipinski definition) is 0. The summed E-state index contributed by atoms with van der Waals surface area (Å²) in [5.74, 6) is 0. The van der Waals surface area contributed by atoms with Gasteiger partial charge in [0.05, 0.1) is 0 Å². The monoisotopic (exact) mass is 270 g/mol. The van der Waals surface area contributed by atoms with Crippen LogP contribution in [0.25, 0.3) is 5.57 Å². The summed E-state index contributed by atoms with van der Waals surface area (Å²) in [6, 6.07) is 4.16. The van der Waals surface area contributed by atoms with Crippen molar-refractivity contribution in [3.8, 4) is 0 Å². The summed E-state index contributed by atoms with van der Waals surface area (Å²) in [6.07, 6.45) is 5.93. The molecule has 0 fully saturated rings. The molecule has 0 aliphatic heterocycles. The minimum absolute atomic E-state index is 0.857. The molecule has 1 aliphatic rings. The minimum Gasteiger partial charge on any atom is -0.0836 e. The molecule has 2 heteroatoms. The Labute approximate surface area is 98.1 Å². The summed E-state index contributed by atoms with van der Waals surface area (Å²) in [4.78, 5) is 0. The van der Waals surface area contributed by atoms with Crippen molar-refractivity contribution in [2.75, 3.05) is 0 Å². The summed E-state index contributed by atoms with van der Waals surface area (Å²) in [5.41, 5.74) is 3.87. The molecule has 1 aromatic carbocycles. The number of halogens is 2. The molecule has 1 aromatic rings. The first-order valence-corrected chi connectivity index (χ1v) is 6.00. The molecular weight excluding hydrogens is 259 g/mol. The fourth-order valence-corrected chi connectivity index (χ4v) is 2.58. The molecule has 0 bridgehead atoms. The van der Waals surface area contributed by atoms with E-state index in [0.717, 1.165) is 9.50 Å². The van der Waals surface area contributed by atoms with Gasteiger partial charge in [0.25, 0.3) is 0 Å². The van der Waals surface area contributed by atoms with E-state index in [1.165, 1.54) is 36.0 Å². The molecule has 2 rings (SSSR count). The van der Waals surface area contributed by atoms with Gasteiger partial charge < -0.3 is 0 Å². The molecule has 0 nitrogen and oxygen atoms in total. The van der Waals surface area contributed by atoms with E-state index in [0.29, 0.717) is 0 Å². The van der Waals surface area contributed by atoms with Crippen molar-refractivity contribution in [3.05, 3.63) is 38.8 Å². The zero-order chi connectivity index (χ0) is 10.1. The Hall–Kier alpha value is -0.270. The SMILES string of the molecule is Cc1cc(C2=CCCC2)c(Cl)cc1Br. The maximum atomic E-state index is 6.21. The fourth-order valence-electron chi connectivity index (χ4n) is 1.82. The van der Waals surface area contributed by atoms with Crippen molar-refractivity contribution in [3.63, 3.8) is 0 Å². The average molecular weight is 272 g/mol. The van der Waals surface area contributed by atoms with Crippen LogP contribution in [0.5, 0.6) is 0 Å². The highest BCUT2D eigenvalue weighted by molar-refractivity contribution is 9.10. The van der Waals surface area contributed by atoms with Crippen molar-refractivity contribution in [2.45, 2.75) is 26.2 Å². The lowest BCUT2D eigenvalue weighted by Gasteiger charge is -2.08. The number of allylic oxidation sites excluding steroid dienone is 2. The van der Waals surface area contributed by atoms with E-state index in [9.17, 15) is 0 Å². The maximum absolute atomic E-state index is 6.21. The van der Waals surface area contributed by atoms with E-state index in [1.807, 2.05) is 6.07 Å². The molecule has 0 aromatic heterocycles. The van der Waals surface area contributed by atoms with Crippen LogP contribution in [0, 0.1) is 6.92 Å². The third-order valence-corrected chi connectivity index (χ3v) is 3.80. The molecule has 0 unspecified atom stereocenters. The van der Waals surface area contributed by atoms with Crippen LogP contribution in [0.2, 0.25) is 5.02 Å². The van der Waals surface area contributed by atoms with Crippen LogP contribution in [0.15, 0.2) is 22.7 Å². The Morgan fingerprint density at radius 3 is 2.79 bits per heavy atom. The van der Waals surface area contributed by atoms with Crippen LogP contribution in [0.3, 0.4) is 0 Å². The Morgan fingerprint density at radius 1 is 1.36 bits per heavy atom. The van der Waals surface area contributed by atoms with Crippen LogP contribution < -0.4 is 0 Å². The van der Waals surface area contributed by atoms with E-state index < -0.39 is 0 Å². The smallest absolute Gasteiger partial charge is 0.0492 e. The van der Waals surface area contributed by atoms with E-state index in [4.69, 9.17) is 11.6 Å². The van der Waals surface area contributed by atoms with Gasteiger partial charge in [-0.2, -0.15) is 0 Å². The first kappa shape index (κ1) is 10.3. The second kappa shape index (κ2) is 4.08. The lowest BCUT2D eigenvalue weighted by Crippen LogP contribution is -1.86. The highest BCUT2D eigenvalue weighted by Crippen LogP contribution is 2.35. The molecule has 74 valence electrons. The van der Waals surface area contributed by atoms with Gasteiger partial charge >= 0.3 is 0 Å². The van der Waals surface area contributed by atoms with Gasteiger partial charge in [0.15, 0.2) is 0 Å². The fraction of sp³-hybridized carbons (Fsp3) is 0.333. The van der Waals surface area contributed by atoms with Crippen molar-refractivity contribution < 1.29 is 0 Å². The Bertz CT molecular complexity index is 394. The molecule has 0 amide bonds. The molecular formula is C12H12BrCl. The second-order valence-electron chi connectivity index (χ2n) is 3.70. The predicted octanol–water partition coefficient (Wildman–Crippen LogP) is 4.98. The Morgan fingerprint density at radius 2 is 2.14 bits per heavy atom. The van der Waals surface area contributed by atoms with Crippen molar-refractivity contribution in [1.82, 2.24) is 0 Å². The number of aryl methyl sites for hydroxylation is 1. The van der Waals surface area contributed by atoms with E-state index in [1.54, 1.807) is 0 Å². The number of benzene rings is 1. The summed E-state index contributed by atoms with van der Waals surface area (Å²) >= 11 is 9.70. The van der Waals surface area contributed by atoms with E-state index >= 15 is 0 Å². The van der Waals surface area contributed by atoms with Gasteiger partial charge in [0.1, 0.15) is 0 Å². The molecule has 1 aliphatic carbocycles. The molecule has 0 atom stereocenters. The molecule has 0 saturated heterocycles.